The molecule has 0 spiro atoms. The van der Waals surface area contributed by atoms with Gasteiger partial charge in [0.25, 0.3) is 0 Å². The molecule has 0 bridgehead atoms. The largest absolute Gasteiger partial charge is 0.395 e. The first kappa shape index (κ1) is 14.4. The van der Waals surface area contributed by atoms with E-state index < -0.39 is 0 Å². The molecule has 0 aliphatic heterocycles. The van der Waals surface area contributed by atoms with Crippen LogP contribution in [0.2, 0.25) is 0 Å². The Morgan fingerprint density at radius 1 is 1.33 bits per heavy atom. The van der Waals surface area contributed by atoms with Crippen LogP contribution in [-0.2, 0) is 19.4 Å². The molecular formula is C17H20N2OS. The molecule has 1 N–H and O–H groups in total. The van der Waals surface area contributed by atoms with Crippen LogP contribution in [0.25, 0.3) is 0 Å². The molecule has 2 aromatic heterocycles. The average molecular weight is 300 g/mol. The minimum atomic E-state index is 0.131. The van der Waals surface area contributed by atoms with E-state index in [9.17, 15) is 0 Å². The Kier molecular flexibility index (Phi) is 4.42. The molecule has 3 rings (SSSR count). The molecule has 0 saturated carbocycles. The number of aryl methyl sites for hydroxylation is 2. The first-order valence-corrected chi connectivity index (χ1v) is 8.33. The van der Waals surface area contributed by atoms with Crippen molar-refractivity contribution >= 4 is 11.3 Å². The van der Waals surface area contributed by atoms with Crippen LogP contribution in [-0.4, -0.2) is 21.3 Å². The monoisotopic (exact) mass is 300 g/mol. The van der Waals surface area contributed by atoms with Crippen molar-refractivity contribution in [2.75, 3.05) is 6.61 Å². The summed E-state index contributed by atoms with van der Waals surface area (Å²) in [5, 5.41) is 8.75. The van der Waals surface area contributed by atoms with Gasteiger partial charge in [-0.15, -0.1) is 11.3 Å². The van der Waals surface area contributed by atoms with Gasteiger partial charge in [-0.1, -0.05) is 11.8 Å². The van der Waals surface area contributed by atoms with Gasteiger partial charge in [0.1, 0.15) is 5.82 Å². The maximum atomic E-state index is 8.75. The standard InChI is InChI=1S/C17H20N2OS/c1-13-18-16-7-2-3-8-17(16)19(13)12-15-10-9-14(21-15)6-4-5-11-20/h9-10,20H,2-3,5,7-8,11-12H2,1H3. The summed E-state index contributed by atoms with van der Waals surface area (Å²) >= 11 is 1.74. The summed E-state index contributed by atoms with van der Waals surface area (Å²) < 4.78 is 2.37. The van der Waals surface area contributed by atoms with Crippen molar-refractivity contribution in [1.82, 2.24) is 9.55 Å². The molecule has 110 valence electrons. The highest BCUT2D eigenvalue weighted by atomic mass is 32.1. The SMILES string of the molecule is Cc1nc2c(n1Cc1ccc(C#CCCO)s1)CCCC2. The van der Waals surface area contributed by atoms with Crippen molar-refractivity contribution in [3.05, 3.63) is 39.1 Å². The molecule has 2 heterocycles. The zero-order valence-corrected chi connectivity index (χ0v) is 13.2. The van der Waals surface area contributed by atoms with E-state index in [2.05, 4.69) is 35.5 Å². The molecule has 1 aliphatic rings. The fraction of sp³-hybridized carbons (Fsp3) is 0.471. The minimum Gasteiger partial charge on any atom is -0.395 e. The molecule has 21 heavy (non-hydrogen) atoms. The zero-order valence-electron chi connectivity index (χ0n) is 12.4. The van der Waals surface area contributed by atoms with Gasteiger partial charge in [-0.3, -0.25) is 0 Å². The van der Waals surface area contributed by atoms with Crippen LogP contribution in [0.5, 0.6) is 0 Å². The van der Waals surface area contributed by atoms with E-state index in [0.717, 1.165) is 30.1 Å². The predicted octanol–water partition coefficient (Wildman–Crippen LogP) is 2.91. The molecule has 3 nitrogen and oxygen atoms in total. The summed E-state index contributed by atoms with van der Waals surface area (Å²) in [6, 6.07) is 4.23. The van der Waals surface area contributed by atoms with E-state index in [1.165, 1.54) is 29.1 Å². The number of fused-ring (bicyclic) bond motifs is 1. The predicted molar refractivity (Wildman–Crippen MR) is 85.6 cm³/mol. The molecule has 4 heteroatoms. The third kappa shape index (κ3) is 3.20. The summed E-state index contributed by atoms with van der Waals surface area (Å²) in [5.41, 5.74) is 2.73. The van der Waals surface area contributed by atoms with Gasteiger partial charge in [0.2, 0.25) is 0 Å². The molecule has 0 aromatic carbocycles. The summed E-state index contributed by atoms with van der Waals surface area (Å²) in [6.45, 7) is 3.14. The minimum absolute atomic E-state index is 0.131. The Morgan fingerprint density at radius 2 is 2.19 bits per heavy atom. The van der Waals surface area contributed by atoms with Gasteiger partial charge in [-0.05, 0) is 44.7 Å². The second-order valence-electron chi connectivity index (χ2n) is 5.39. The van der Waals surface area contributed by atoms with Gasteiger partial charge >= 0.3 is 0 Å². The topological polar surface area (TPSA) is 38.0 Å². The van der Waals surface area contributed by atoms with Gasteiger partial charge in [-0.25, -0.2) is 4.98 Å². The Morgan fingerprint density at radius 3 is 3.05 bits per heavy atom. The quantitative estimate of drug-likeness (QED) is 0.885. The van der Waals surface area contributed by atoms with Crippen molar-refractivity contribution in [3.63, 3.8) is 0 Å². The van der Waals surface area contributed by atoms with Gasteiger partial charge < -0.3 is 9.67 Å². The van der Waals surface area contributed by atoms with Gasteiger partial charge in [-0.2, -0.15) is 0 Å². The van der Waals surface area contributed by atoms with Gasteiger partial charge in [0.05, 0.1) is 23.7 Å². The average Bonchev–Trinajstić information content (AvgIpc) is 3.05. The number of rotatable bonds is 3. The highest BCUT2D eigenvalue weighted by molar-refractivity contribution is 7.12. The fourth-order valence-corrected chi connectivity index (χ4v) is 3.71. The summed E-state index contributed by atoms with van der Waals surface area (Å²) in [4.78, 5) is 7.12. The fourth-order valence-electron chi connectivity index (χ4n) is 2.84. The van der Waals surface area contributed by atoms with E-state index in [-0.39, 0.29) is 6.61 Å². The van der Waals surface area contributed by atoms with Crippen LogP contribution in [0, 0.1) is 18.8 Å². The lowest BCUT2D eigenvalue weighted by Gasteiger charge is -2.14. The number of aliphatic hydroxyl groups excluding tert-OH is 1. The molecular weight excluding hydrogens is 280 g/mol. The van der Waals surface area contributed by atoms with Crippen molar-refractivity contribution < 1.29 is 5.11 Å². The number of thiophene rings is 1. The molecule has 0 amide bonds. The lowest BCUT2D eigenvalue weighted by Crippen LogP contribution is -2.09. The van der Waals surface area contributed by atoms with Gasteiger partial charge in [0.15, 0.2) is 0 Å². The third-order valence-electron chi connectivity index (χ3n) is 3.85. The molecule has 0 atom stereocenters. The molecule has 2 aromatic rings. The van der Waals surface area contributed by atoms with E-state index in [1.807, 2.05) is 0 Å². The van der Waals surface area contributed by atoms with E-state index in [0.29, 0.717) is 6.42 Å². The second kappa shape index (κ2) is 6.46. The van der Waals surface area contributed by atoms with E-state index >= 15 is 0 Å². The van der Waals surface area contributed by atoms with E-state index in [4.69, 9.17) is 10.1 Å². The number of imidazole rings is 1. The Balaban J connectivity index is 1.78. The van der Waals surface area contributed by atoms with Crippen LogP contribution in [0.1, 0.15) is 46.2 Å². The van der Waals surface area contributed by atoms with Crippen LogP contribution in [0.15, 0.2) is 12.1 Å². The molecule has 0 saturated heterocycles. The zero-order chi connectivity index (χ0) is 14.7. The molecule has 0 unspecified atom stereocenters. The third-order valence-corrected chi connectivity index (χ3v) is 4.83. The highest BCUT2D eigenvalue weighted by Gasteiger charge is 2.18. The Hall–Kier alpha value is -1.57. The lowest BCUT2D eigenvalue weighted by molar-refractivity contribution is 0.305. The van der Waals surface area contributed by atoms with Crippen LogP contribution >= 0.6 is 11.3 Å². The van der Waals surface area contributed by atoms with Crippen molar-refractivity contribution in [2.24, 2.45) is 0 Å². The van der Waals surface area contributed by atoms with E-state index in [1.54, 1.807) is 11.3 Å². The lowest BCUT2D eigenvalue weighted by atomic mass is 10.0. The molecule has 1 aliphatic carbocycles. The molecule has 0 fully saturated rings. The molecule has 0 radical (unpaired) electrons. The number of nitrogens with zero attached hydrogens (tertiary/aromatic N) is 2. The van der Waals surface area contributed by atoms with Crippen LogP contribution in [0.4, 0.5) is 0 Å². The smallest absolute Gasteiger partial charge is 0.106 e. The first-order chi connectivity index (χ1) is 10.3. The maximum absolute atomic E-state index is 8.75. The summed E-state index contributed by atoms with van der Waals surface area (Å²) in [5.74, 6) is 7.21. The highest BCUT2D eigenvalue weighted by Crippen LogP contribution is 2.24. The van der Waals surface area contributed by atoms with Crippen LogP contribution in [0.3, 0.4) is 0 Å². The normalized spacial score (nSPS) is 13.6. The maximum Gasteiger partial charge on any atom is 0.106 e. The summed E-state index contributed by atoms with van der Waals surface area (Å²) in [6.07, 6.45) is 5.38. The number of aromatic nitrogens is 2. The number of hydrogen-bond acceptors (Lipinski definition) is 3. The first-order valence-electron chi connectivity index (χ1n) is 7.51. The Labute approximate surface area is 129 Å². The summed E-state index contributed by atoms with van der Waals surface area (Å²) in [7, 11) is 0. The second-order valence-corrected chi connectivity index (χ2v) is 6.56. The van der Waals surface area contributed by atoms with Crippen molar-refractivity contribution in [2.45, 2.75) is 45.6 Å². The van der Waals surface area contributed by atoms with Gasteiger partial charge in [0, 0.05) is 17.0 Å². The number of hydrogen-bond donors (Lipinski definition) is 1. The van der Waals surface area contributed by atoms with Crippen molar-refractivity contribution in [1.29, 1.82) is 0 Å². The van der Waals surface area contributed by atoms with Crippen LogP contribution < -0.4 is 0 Å². The number of aliphatic hydroxyl groups is 1. The van der Waals surface area contributed by atoms with Crippen molar-refractivity contribution in [3.8, 4) is 11.8 Å². The Bertz CT molecular complexity index is 687.